The maximum Gasteiger partial charge on any atom is 0.0783 e. The first-order valence-corrected chi connectivity index (χ1v) is 51.4. The van der Waals surface area contributed by atoms with E-state index in [0.717, 1.165) is 0 Å². The summed E-state index contributed by atoms with van der Waals surface area (Å²) >= 11 is 7.28. The molecule has 0 fully saturated rings. The lowest BCUT2D eigenvalue weighted by molar-refractivity contribution is -0.928. The first-order chi connectivity index (χ1) is 49.4. The van der Waals surface area contributed by atoms with E-state index < -0.39 is 21.3 Å². The second-order valence-electron chi connectivity index (χ2n) is 31.1. The largest absolute Gasteiger partial charge is 0.850 e. The van der Waals surface area contributed by atoms with Crippen molar-refractivity contribution in [3.63, 3.8) is 0 Å². The van der Waals surface area contributed by atoms with Crippen LogP contribution in [0.5, 0.6) is 0 Å². The van der Waals surface area contributed by atoms with Crippen LogP contribution in [0, 0.1) is 0 Å². The molecule has 0 heterocycles. The minimum Gasteiger partial charge on any atom is -0.850 e. The molecule has 0 amide bonds. The van der Waals surface area contributed by atoms with Gasteiger partial charge in [-0.15, -0.1) is 0 Å². The van der Waals surface area contributed by atoms with Crippen LogP contribution in [0.25, 0.3) is 0 Å². The van der Waals surface area contributed by atoms with E-state index in [1.165, 1.54) is 394 Å². The van der Waals surface area contributed by atoms with Crippen molar-refractivity contribution < 1.29 is 74.2 Å². The van der Waals surface area contributed by atoms with Crippen LogP contribution >= 0.6 is 21.3 Å². The van der Waals surface area contributed by atoms with Gasteiger partial charge in [0.25, 0.3) is 0 Å². The third-order valence-electron chi connectivity index (χ3n) is 19.7. The molecular formula is C84H196N7O9P3S2. The predicted octanol–water partition coefficient (Wildman–Crippen LogP) is 19.2. The molecule has 0 aliphatic rings. The van der Waals surface area contributed by atoms with E-state index in [0.29, 0.717) is 0 Å². The Hall–Kier alpha value is 0.900. The van der Waals surface area contributed by atoms with Gasteiger partial charge in [0.1, 0.15) is 0 Å². The van der Waals surface area contributed by atoms with Gasteiger partial charge >= 0.3 is 0 Å². The van der Waals surface area contributed by atoms with Crippen LogP contribution in [0.1, 0.15) is 374 Å². The fourth-order valence-electron chi connectivity index (χ4n) is 18.1. The lowest BCUT2D eigenvalue weighted by Crippen LogP contribution is -2.50. The molecule has 0 unspecified atom stereocenters. The zero-order valence-electron chi connectivity index (χ0n) is 76.6. The van der Waals surface area contributed by atoms with Gasteiger partial charge in [-0.05, 0) is 180 Å². The molecule has 0 bridgehead atoms. The van der Waals surface area contributed by atoms with Crippen molar-refractivity contribution in [1.29, 1.82) is 0 Å². The minimum atomic E-state index is -5.68. The smallest absolute Gasteiger partial charge is 0.0783 e. The predicted molar refractivity (Wildman–Crippen MR) is 464 cm³/mol. The lowest BCUT2D eigenvalue weighted by atomic mass is 10.2. The topological polar surface area (TPSA) is 182 Å². The van der Waals surface area contributed by atoms with E-state index in [1.54, 1.807) is 0 Å². The van der Waals surface area contributed by atoms with Crippen molar-refractivity contribution in [2.24, 2.45) is 0 Å². The summed E-state index contributed by atoms with van der Waals surface area (Å²) in [6.07, 6.45) is 37.3. The van der Waals surface area contributed by atoms with Crippen LogP contribution in [0.2, 0.25) is 0 Å². The molecule has 105 heavy (non-hydrogen) atoms. The Balaban J connectivity index is -0.000000142. The Kier molecular flexibility index (Phi) is 96.3. The van der Waals surface area contributed by atoms with Crippen LogP contribution in [-0.2, 0) is 37.5 Å². The van der Waals surface area contributed by atoms with Gasteiger partial charge in [-0.1, -0.05) is 194 Å². The van der Waals surface area contributed by atoms with E-state index in [1.807, 2.05) is 0 Å². The summed E-state index contributed by atoms with van der Waals surface area (Å²) in [4.78, 5) is 55.9. The van der Waals surface area contributed by atoms with Gasteiger partial charge in [0.2, 0.25) is 0 Å². The molecular weight excluding hydrogens is 1410 g/mol. The van der Waals surface area contributed by atoms with Crippen molar-refractivity contribution in [3.05, 3.63) is 0 Å². The summed E-state index contributed by atoms with van der Waals surface area (Å²) in [5.41, 5.74) is -3.72. The van der Waals surface area contributed by atoms with Crippen molar-refractivity contribution in [2.45, 2.75) is 374 Å². The molecule has 0 aromatic heterocycles. The lowest BCUT2D eigenvalue weighted by Gasteiger charge is -2.44. The highest BCUT2D eigenvalue weighted by molar-refractivity contribution is 8.49. The van der Waals surface area contributed by atoms with E-state index >= 15 is 0 Å². The number of quaternary nitrogens is 7. The standard InChI is InChI=1S/7C12H28N.H4O7P2.H3O2PS2/c7*1-5-9-13(10-6-2,11-7-3)12-8-4;1-8(2,3)7-9(4,5)6;1-3(2,4)5/h7*5-12H2,1-4H3;(H2,1,2,3)(H2,4,5,6);(H3,1,2,4,5)/q7*+1;;/p-7. The summed E-state index contributed by atoms with van der Waals surface area (Å²) in [6, 6.07) is 0. The molecule has 0 aromatic rings. The average molecular weight is 1610 g/mol. The number of nitrogens with zero attached hydrogens (tertiary/aromatic N) is 7. The number of hydrogen-bond acceptors (Lipinski definition) is 11. The molecule has 0 radical (unpaired) electrons. The summed E-state index contributed by atoms with van der Waals surface area (Å²) in [6.45, 7) is 104. The van der Waals surface area contributed by atoms with Gasteiger partial charge in [0, 0.05) is 0 Å². The van der Waals surface area contributed by atoms with Gasteiger partial charge in [-0.25, -0.2) is 0 Å². The van der Waals surface area contributed by atoms with Crippen LogP contribution < -0.4 is 29.4 Å². The molecule has 21 heteroatoms. The molecule has 0 N–H and O–H groups in total. The third-order valence-corrected chi connectivity index (χ3v) is 21.3. The first-order valence-electron chi connectivity index (χ1n) is 44.8. The van der Waals surface area contributed by atoms with Crippen LogP contribution in [0.15, 0.2) is 0 Å². The van der Waals surface area contributed by atoms with Crippen molar-refractivity contribution in [1.82, 2.24) is 0 Å². The van der Waals surface area contributed by atoms with E-state index in [2.05, 4.69) is 222 Å². The Morgan fingerprint density at radius 1 is 0.190 bits per heavy atom. The van der Waals surface area contributed by atoms with Crippen LogP contribution in [-0.4, -0.2) is 215 Å². The zero-order chi connectivity index (χ0) is 83.3. The zero-order valence-corrected chi connectivity index (χ0v) is 80.9. The average Bonchev–Trinajstić information content (AvgIpc) is 3.53. The summed E-state index contributed by atoms with van der Waals surface area (Å²) in [7, 11) is -11.4. The Labute approximate surface area is 672 Å². The molecule has 0 spiro atoms. The fourth-order valence-corrected chi connectivity index (χ4v) is 19.1. The molecule has 0 saturated carbocycles. The van der Waals surface area contributed by atoms with Gasteiger partial charge in [0.05, 0.1) is 199 Å². The maximum atomic E-state index is 9.32. The molecule has 0 atom stereocenters. The molecule has 0 saturated heterocycles. The second-order valence-corrected chi connectivity index (χ2v) is 38.0. The van der Waals surface area contributed by atoms with E-state index in [9.17, 15) is 38.5 Å². The monoisotopic (exact) mass is 1600 g/mol. The molecule has 0 rings (SSSR count). The number of hydrogen-bond donors (Lipinski definition) is 0. The van der Waals surface area contributed by atoms with Crippen LogP contribution in [0.4, 0.5) is 0 Å². The summed E-state index contributed by atoms with van der Waals surface area (Å²) in [5, 5.41) is 0. The fraction of sp³-hybridized carbons (Fsp3) is 1.00. The number of rotatable bonds is 58. The highest BCUT2D eigenvalue weighted by atomic mass is 32.9. The Morgan fingerprint density at radius 3 is 0.257 bits per heavy atom. The van der Waals surface area contributed by atoms with E-state index in [-0.39, 0.29) is 0 Å². The normalized spacial score (nSPS) is 12.1. The summed E-state index contributed by atoms with van der Waals surface area (Å²) < 4.78 is 30.8. The molecule has 0 aliphatic carbocycles. The Morgan fingerprint density at radius 2 is 0.238 bits per heavy atom. The highest BCUT2D eigenvalue weighted by Gasteiger charge is 2.28. The first kappa shape index (κ1) is 124. The van der Waals surface area contributed by atoms with Gasteiger partial charge in [0.15, 0.2) is 0 Å². The van der Waals surface area contributed by atoms with Gasteiger partial charge in [-0.3, -0.25) is 0 Å². The third kappa shape index (κ3) is 78.6. The number of phosphoric acid groups is 2. The molecule has 0 aliphatic heterocycles. The van der Waals surface area contributed by atoms with Crippen LogP contribution in [0.3, 0.4) is 0 Å². The van der Waals surface area contributed by atoms with Gasteiger partial charge < -0.3 is 92.1 Å². The molecule has 648 valence electrons. The molecule has 16 nitrogen and oxygen atoms in total. The minimum absolute atomic E-state index is 1.33. The Bertz CT molecular complexity index is 1360. The van der Waals surface area contributed by atoms with Crippen molar-refractivity contribution in [3.8, 4) is 0 Å². The van der Waals surface area contributed by atoms with Crippen molar-refractivity contribution in [2.75, 3.05) is 183 Å². The highest BCUT2D eigenvalue weighted by Crippen LogP contribution is 2.42. The molecule has 0 aromatic carbocycles. The quantitative estimate of drug-likeness (QED) is 0.0321. The van der Waals surface area contributed by atoms with Crippen molar-refractivity contribution >= 4 is 45.4 Å². The maximum absolute atomic E-state index is 9.32. The van der Waals surface area contributed by atoms with E-state index in [4.69, 9.17) is 0 Å². The SMILES string of the molecule is CCC[N+](CCC)(CCC)CCC.CCC[N+](CCC)(CCC)CCC.CCC[N+](CCC)(CCC)CCC.CCC[N+](CCC)(CCC)CCC.CCC[N+](CCC)(CCC)CCC.CCC[N+](CCC)(CCC)CCC.CCC[N+](CCC)(CCC)CCC.O=P([O-])([O-])OP(=O)([O-])[O-].[O-]P([O-])(=S)[S-]. The summed E-state index contributed by atoms with van der Waals surface area (Å²) in [5.74, 6) is 0. The van der Waals surface area contributed by atoms with Gasteiger partial charge in [-0.2, -0.15) is 11.8 Å². The second kappa shape index (κ2) is 81.5.